The number of thiazole rings is 1. The van der Waals surface area contributed by atoms with Crippen molar-refractivity contribution in [3.05, 3.63) is 52.1 Å². The smallest absolute Gasteiger partial charge is 0.294 e. The number of amides is 1. The van der Waals surface area contributed by atoms with Crippen LogP contribution in [0.5, 0.6) is 0 Å². The van der Waals surface area contributed by atoms with Gasteiger partial charge in [-0.05, 0) is 25.3 Å². The van der Waals surface area contributed by atoms with Gasteiger partial charge in [-0.1, -0.05) is 46.8 Å². The highest BCUT2D eigenvalue weighted by molar-refractivity contribution is 7.21. The van der Waals surface area contributed by atoms with Gasteiger partial charge in [-0.2, -0.15) is 4.98 Å². The molecule has 1 aromatic carbocycles. The van der Waals surface area contributed by atoms with Crippen LogP contribution >= 0.6 is 11.3 Å². The first kappa shape index (κ1) is 20.3. The van der Waals surface area contributed by atoms with E-state index in [4.69, 9.17) is 4.52 Å². The highest BCUT2D eigenvalue weighted by atomic mass is 32.1. The summed E-state index contributed by atoms with van der Waals surface area (Å²) in [5.74, 6) is 0.879. The van der Waals surface area contributed by atoms with Crippen molar-refractivity contribution in [2.45, 2.75) is 32.4 Å². The van der Waals surface area contributed by atoms with Crippen LogP contribution in [0.4, 0.5) is 5.13 Å². The van der Waals surface area contributed by atoms with Gasteiger partial charge in [-0.3, -0.25) is 14.2 Å². The molecule has 32 heavy (non-hydrogen) atoms. The van der Waals surface area contributed by atoms with Gasteiger partial charge in [0, 0.05) is 20.1 Å². The summed E-state index contributed by atoms with van der Waals surface area (Å²) in [7, 11) is 1.60. The molecule has 1 unspecified atom stereocenters. The molecule has 0 aliphatic carbocycles. The molecule has 5 rings (SSSR count). The lowest BCUT2D eigenvalue weighted by atomic mass is 10.2. The molecule has 0 radical (unpaired) electrons. The number of hydrogen-bond donors (Lipinski definition) is 1. The lowest BCUT2D eigenvalue weighted by Gasteiger charge is -2.23. The van der Waals surface area contributed by atoms with Crippen LogP contribution < -0.4 is 15.8 Å². The zero-order chi connectivity index (χ0) is 22.2. The average Bonchev–Trinajstić information content (AvgIpc) is 3.54. The summed E-state index contributed by atoms with van der Waals surface area (Å²) in [4.78, 5) is 41.5. The lowest BCUT2D eigenvalue weighted by Crippen LogP contribution is -2.43. The number of hydrogen-bond acceptors (Lipinski definition) is 9. The molecule has 3 aromatic heterocycles. The molecule has 1 N–H and O–H groups in total. The molecule has 164 valence electrons. The van der Waals surface area contributed by atoms with Crippen LogP contribution in [-0.2, 0) is 18.4 Å². The largest absolute Gasteiger partial charge is 0.350 e. The standard InChI is InChI=1S/C21H21N7O3S/c1-12-23-18(31-26-12)16-25-19-15(20(30)27(16)2)24-21(32-19)28-10-6-9-14(28)17(29)22-11-13-7-4-3-5-8-13/h3-5,7-8,14H,6,9-11H2,1-2H3,(H,22,29). The monoisotopic (exact) mass is 451 g/mol. The SMILES string of the molecule is Cc1noc(-c2nc3sc(N4CCCC4C(=O)NCc4ccccc4)nc3c(=O)n2C)n1. The minimum atomic E-state index is -0.332. The third-order valence-corrected chi connectivity index (χ3v) is 6.45. The van der Waals surface area contributed by atoms with E-state index >= 15 is 0 Å². The van der Waals surface area contributed by atoms with Gasteiger partial charge in [0.05, 0.1) is 0 Å². The van der Waals surface area contributed by atoms with E-state index in [9.17, 15) is 9.59 Å². The second-order valence-electron chi connectivity index (χ2n) is 7.65. The number of nitrogens with one attached hydrogen (secondary N) is 1. The summed E-state index contributed by atoms with van der Waals surface area (Å²) >= 11 is 1.29. The number of anilines is 1. The molecule has 1 aliphatic heterocycles. The fourth-order valence-electron chi connectivity index (χ4n) is 3.82. The third-order valence-electron chi connectivity index (χ3n) is 5.46. The predicted octanol–water partition coefficient (Wildman–Crippen LogP) is 2.03. The molecular formula is C21H21N7O3S. The Labute approximate surface area is 186 Å². The van der Waals surface area contributed by atoms with Gasteiger partial charge in [0.25, 0.3) is 11.4 Å². The first-order valence-electron chi connectivity index (χ1n) is 10.3. The van der Waals surface area contributed by atoms with Gasteiger partial charge in [0.1, 0.15) is 6.04 Å². The average molecular weight is 452 g/mol. The second kappa shape index (κ2) is 8.15. The fraction of sp³-hybridized carbons (Fsp3) is 0.333. The number of carbonyl (C=O) groups excluding carboxylic acids is 1. The van der Waals surface area contributed by atoms with Gasteiger partial charge in [-0.15, -0.1) is 0 Å². The van der Waals surface area contributed by atoms with Crippen LogP contribution in [0.25, 0.3) is 22.1 Å². The predicted molar refractivity (Wildman–Crippen MR) is 119 cm³/mol. The number of benzene rings is 1. The lowest BCUT2D eigenvalue weighted by molar-refractivity contribution is -0.122. The zero-order valence-corrected chi connectivity index (χ0v) is 18.4. The number of nitrogens with zero attached hydrogens (tertiary/aromatic N) is 6. The van der Waals surface area contributed by atoms with Gasteiger partial charge in [-0.25, -0.2) is 9.97 Å². The van der Waals surface area contributed by atoms with E-state index in [1.54, 1.807) is 14.0 Å². The Morgan fingerprint density at radius 1 is 1.25 bits per heavy atom. The highest BCUT2D eigenvalue weighted by Crippen LogP contribution is 2.32. The van der Waals surface area contributed by atoms with Crippen molar-refractivity contribution in [2.24, 2.45) is 7.05 Å². The van der Waals surface area contributed by atoms with Crippen molar-refractivity contribution in [3.8, 4) is 11.7 Å². The Hall–Kier alpha value is -3.60. The fourth-order valence-corrected chi connectivity index (χ4v) is 4.82. The van der Waals surface area contributed by atoms with Crippen LogP contribution in [0.2, 0.25) is 0 Å². The summed E-state index contributed by atoms with van der Waals surface area (Å²) in [6.45, 7) is 2.86. The Kier molecular flexibility index (Phi) is 5.17. The van der Waals surface area contributed by atoms with E-state index in [1.807, 2.05) is 35.2 Å². The number of aromatic nitrogens is 5. The van der Waals surface area contributed by atoms with E-state index < -0.39 is 0 Å². The Balaban J connectivity index is 1.42. The van der Waals surface area contributed by atoms with Gasteiger partial charge < -0.3 is 14.7 Å². The highest BCUT2D eigenvalue weighted by Gasteiger charge is 2.33. The molecule has 0 bridgehead atoms. The molecule has 1 saturated heterocycles. The van der Waals surface area contributed by atoms with E-state index in [0.717, 1.165) is 18.4 Å². The zero-order valence-electron chi connectivity index (χ0n) is 17.6. The van der Waals surface area contributed by atoms with Gasteiger partial charge in [0.2, 0.25) is 11.7 Å². The maximum atomic E-state index is 12.9. The molecule has 0 spiro atoms. The summed E-state index contributed by atoms with van der Waals surface area (Å²) in [6.07, 6.45) is 1.60. The van der Waals surface area contributed by atoms with Crippen molar-refractivity contribution in [3.63, 3.8) is 0 Å². The first-order chi connectivity index (χ1) is 15.5. The maximum absolute atomic E-state index is 12.9. The van der Waals surface area contributed by atoms with Gasteiger partial charge in [0.15, 0.2) is 21.3 Å². The summed E-state index contributed by atoms with van der Waals surface area (Å²) < 4.78 is 6.55. The Bertz CT molecular complexity index is 1340. The number of carbonyl (C=O) groups is 1. The van der Waals surface area contributed by atoms with Crippen molar-refractivity contribution < 1.29 is 9.32 Å². The number of rotatable bonds is 5. The van der Waals surface area contributed by atoms with E-state index in [2.05, 4.69) is 25.4 Å². The van der Waals surface area contributed by atoms with E-state index in [0.29, 0.717) is 28.9 Å². The molecule has 1 amide bonds. The van der Waals surface area contributed by atoms with Gasteiger partial charge >= 0.3 is 0 Å². The molecule has 4 heterocycles. The molecule has 1 aliphatic rings. The summed E-state index contributed by atoms with van der Waals surface area (Å²) in [5.41, 5.74) is 1.01. The van der Waals surface area contributed by atoms with Crippen LogP contribution in [0.3, 0.4) is 0 Å². The second-order valence-corrected chi connectivity index (χ2v) is 8.61. The minimum absolute atomic E-state index is 0.0477. The van der Waals surface area contributed by atoms with Crippen LogP contribution in [0.1, 0.15) is 24.2 Å². The number of fused-ring (bicyclic) bond motifs is 1. The van der Waals surface area contributed by atoms with Crippen molar-refractivity contribution in [1.29, 1.82) is 0 Å². The van der Waals surface area contributed by atoms with Crippen LogP contribution in [-0.4, -0.2) is 43.2 Å². The van der Waals surface area contributed by atoms with Crippen molar-refractivity contribution in [2.75, 3.05) is 11.4 Å². The minimum Gasteiger partial charge on any atom is -0.350 e. The topological polar surface area (TPSA) is 119 Å². The van der Waals surface area contributed by atoms with E-state index in [-0.39, 0.29) is 34.7 Å². The summed E-state index contributed by atoms with van der Waals surface area (Å²) in [6, 6.07) is 9.46. The van der Waals surface area contributed by atoms with Crippen molar-refractivity contribution >= 4 is 32.7 Å². The van der Waals surface area contributed by atoms with E-state index in [1.165, 1.54) is 15.9 Å². The summed E-state index contributed by atoms with van der Waals surface area (Å²) in [5, 5.41) is 7.40. The molecule has 4 aromatic rings. The molecule has 10 nitrogen and oxygen atoms in total. The Morgan fingerprint density at radius 3 is 2.81 bits per heavy atom. The molecule has 1 atom stereocenters. The van der Waals surface area contributed by atoms with Crippen LogP contribution in [0.15, 0.2) is 39.6 Å². The quantitative estimate of drug-likeness (QED) is 0.490. The first-order valence-corrected chi connectivity index (χ1v) is 11.1. The maximum Gasteiger partial charge on any atom is 0.294 e. The third kappa shape index (κ3) is 3.64. The Morgan fingerprint density at radius 2 is 2.06 bits per heavy atom. The van der Waals surface area contributed by atoms with Crippen molar-refractivity contribution in [1.82, 2.24) is 30.0 Å². The normalized spacial score (nSPS) is 16.1. The molecular weight excluding hydrogens is 430 g/mol. The molecule has 11 heteroatoms. The van der Waals surface area contributed by atoms with Crippen LogP contribution in [0, 0.1) is 6.92 Å². The molecule has 0 saturated carbocycles. The molecule has 1 fully saturated rings. The number of aryl methyl sites for hydroxylation is 1.